The number of nitrogens with one attached hydrogen (secondary N) is 1. The molecule has 0 unspecified atom stereocenters. The van der Waals surface area contributed by atoms with Crippen LogP contribution in [0.15, 0.2) is 71.7 Å². The van der Waals surface area contributed by atoms with E-state index in [4.69, 9.17) is 4.98 Å². The van der Waals surface area contributed by atoms with Crippen LogP contribution in [0.2, 0.25) is 0 Å². The number of aromatic nitrogens is 7. The number of rotatable bonds is 8. The van der Waals surface area contributed by atoms with Gasteiger partial charge in [-0.25, -0.2) is 19.6 Å². The summed E-state index contributed by atoms with van der Waals surface area (Å²) in [6.45, 7) is 3.72. The molecule has 0 fully saturated rings. The van der Waals surface area contributed by atoms with Crippen LogP contribution >= 0.6 is 0 Å². The molecule has 204 valence electrons. The average Bonchev–Trinajstić information content (AvgIpc) is 3.49. The van der Waals surface area contributed by atoms with Crippen molar-refractivity contribution >= 4 is 0 Å². The van der Waals surface area contributed by atoms with Crippen molar-refractivity contribution in [1.29, 1.82) is 0 Å². The standard InChI is InChI=1S/C29H26F3N7O/c1-3-4-9-25-24(28(40)39(18(2)34-25)26-15-14-21(17-33-26)29(30,31)32)16-19-10-12-20(13-11-19)22-7-5-6-8-23(22)27-35-37-38-36-27/h5-8,10-15,17H,3-4,9,16H2,1-2H3,(H,35,36,37,38). The van der Waals surface area contributed by atoms with Gasteiger partial charge in [-0.2, -0.15) is 13.2 Å². The highest BCUT2D eigenvalue weighted by atomic mass is 19.4. The Kier molecular flexibility index (Phi) is 7.54. The number of tetrazole rings is 1. The molecule has 0 aliphatic carbocycles. The van der Waals surface area contributed by atoms with Gasteiger partial charge >= 0.3 is 6.18 Å². The van der Waals surface area contributed by atoms with Crippen molar-refractivity contribution in [3.05, 3.63) is 105 Å². The third kappa shape index (κ3) is 5.54. The fourth-order valence-electron chi connectivity index (χ4n) is 4.62. The minimum Gasteiger partial charge on any atom is -0.268 e. The van der Waals surface area contributed by atoms with Gasteiger partial charge in [0.05, 0.1) is 11.3 Å². The maximum atomic E-state index is 13.8. The lowest BCUT2D eigenvalue weighted by atomic mass is 9.96. The molecule has 5 rings (SSSR count). The quantitative estimate of drug-likeness (QED) is 0.267. The number of nitrogens with zero attached hydrogens (tertiary/aromatic N) is 6. The number of pyridine rings is 1. The summed E-state index contributed by atoms with van der Waals surface area (Å²) >= 11 is 0. The van der Waals surface area contributed by atoms with Crippen molar-refractivity contribution < 1.29 is 13.2 Å². The molecule has 8 nitrogen and oxygen atoms in total. The van der Waals surface area contributed by atoms with Crippen LogP contribution in [0.1, 0.15) is 48.0 Å². The van der Waals surface area contributed by atoms with Crippen LogP contribution in [-0.4, -0.2) is 35.2 Å². The predicted octanol–water partition coefficient (Wildman–Crippen LogP) is 5.74. The summed E-state index contributed by atoms with van der Waals surface area (Å²) in [6.07, 6.45) is -1.06. The molecule has 0 aliphatic heterocycles. The molecule has 0 saturated heterocycles. The van der Waals surface area contributed by atoms with Crippen molar-refractivity contribution in [2.75, 3.05) is 0 Å². The Balaban J connectivity index is 1.51. The number of H-pyrrole nitrogens is 1. The zero-order chi connectivity index (χ0) is 28.3. The van der Waals surface area contributed by atoms with Crippen molar-refractivity contribution in [2.24, 2.45) is 0 Å². The van der Waals surface area contributed by atoms with E-state index in [1.54, 1.807) is 6.92 Å². The summed E-state index contributed by atoms with van der Waals surface area (Å²) in [6, 6.07) is 17.7. The van der Waals surface area contributed by atoms with Crippen LogP contribution in [0.5, 0.6) is 0 Å². The molecule has 40 heavy (non-hydrogen) atoms. The Bertz CT molecular complexity index is 1660. The first-order valence-electron chi connectivity index (χ1n) is 12.8. The lowest BCUT2D eigenvalue weighted by Gasteiger charge is -2.16. The summed E-state index contributed by atoms with van der Waals surface area (Å²) in [7, 11) is 0. The van der Waals surface area contributed by atoms with Gasteiger partial charge in [-0.1, -0.05) is 61.9 Å². The number of hydrogen-bond acceptors (Lipinski definition) is 6. The molecule has 1 N–H and O–H groups in total. The average molecular weight is 546 g/mol. The first-order chi connectivity index (χ1) is 19.3. The molecule has 0 radical (unpaired) electrons. The summed E-state index contributed by atoms with van der Waals surface area (Å²) in [5.74, 6) is 1.03. The lowest BCUT2D eigenvalue weighted by Crippen LogP contribution is -2.29. The Hall–Kier alpha value is -4.67. The maximum Gasteiger partial charge on any atom is 0.417 e. The molecule has 0 aliphatic rings. The van der Waals surface area contributed by atoms with E-state index in [-0.39, 0.29) is 11.4 Å². The van der Waals surface area contributed by atoms with Gasteiger partial charge in [0.2, 0.25) is 0 Å². The third-order valence-electron chi connectivity index (χ3n) is 6.67. The number of aryl methyl sites for hydroxylation is 2. The van der Waals surface area contributed by atoms with Crippen molar-refractivity contribution in [1.82, 2.24) is 35.2 Å². The monoisotopic (exact) mass is 545 g/mol. The molecule has 3 heterocycles. The summed E-state index contributed by atoms with van der Waals surface area (Å²) in [5, 5.41) is 14.2. The summed E-state index contributed by atoms with van der Waals surface area (Å²) in [5.41, 5.74) is 3.64. The van der Waals surface area contributed by atoms with Gasteiger partial charge in [-0.3, -0.25) is 4.79 Å². The largest absolute Gasteiger partial charge is 0.417 e. The maximum absolute atomic E-state index is 13.8. The second-order valence-electron chi connectivity index (χ2n) is 9.40. The van der Waals surface area contributed by atoms with Crippen molar-refractivity contribution in [3.63, 3.8) is 0 Å². The first-order valence-corrected chi connectivity index (χ1v) is 12.8. The third-order valence-corrected chi connectivity index (χ3v) is 6.67. The van der Waals surface area contributed by atoms with Crippen molar-refractivity contribution in [2.45, 2.75) is 45.7 Å². The van der Waals surface area contributed by atoms with Crippen molar-refractivity contribution in [3.8, 4) is 28.3 Å². The van der Waals surface area contributed by atoms with E-state index < -0.39 is 11.7 Å². The van der Waals surface area contributed by atoms with E-state index in [1.807, 2.05) is 48.5 Å². The fraction of sp³-hybridized carbons (Fsp3) is 0.241. The molecule has 0 atom stereocenters. The van der Waals surface area contributed by atoms with Gasteiger partial charge in [0.25, 0.3) is 5.56 Å². The SMILES string of the molecule is CCCCc1nc(C)n(-c2ccc(C(F)(F)F)cn2)c(=O)c1Cc1ccc(-c2ccccc2-c2nnn[nH]2)cc1. The van der Waals surface area contributed by atoms with Gasteiger partial charge < -0.3 is 0 Å². The van der Waals surface area contributed by atoms with E-state index in [2.05, 4.69) is 32.5 Å². The normalized spacial score (nSPS) is 11.6. The fourth-order valence-corrected chi connectivity index (χ4v) is 4.62. The number of aromatic amines is 1. The molecule has 2 aromatic carbocycles. The highest BCUT2D eigenvalue weighted by molar-refractivity contribution is 5.80. The van der Waals surface area contributed by atoms with Crippen LogP contribution in [0.3, 0.4) is 0 Å². The summed E-state index contributed by atoms with van der Waals surface area (Å²) < 4.78 is 40.5. The van der Waals surface area contributed by atoms with Crippen LogP contribution in [0.4, 0.5) is 13.2 Å². The Morgan fingerprint density at radius 1 is 0.975 bits per heavy atom. The van der Waals surface area contributed by atoms with E-state index >= 15 is 0 Å². The Morgan fingerprint density at radius 3 is 2.35 bits per heavy atom. The van der Waals surface area contributed by atoms with Gasteiger partial charge in [-0.15, -0.1) is 5.10 Å². The highest BCUT2D eigenvalue weighted by Crippen LogP contribution is 2.31. The van der Waals surface area contributed by atoms with E-state index in [0.717, 1.165) is 47.4 Å². The van der Waals surface area contributed by atoms with Crippen LogP contribution in [0.25, 0.3) is 28.3 Å². The second-order valence-corrected chi connectivity index (χ2v) is 9.40. The Labute approximate surface area is 228 Å². The lowest BCUT2D eigenvalue weighted by molar-refractivity contribution is -0.137. The number of unbranched alkanes of at least 4 members (excludes halogenated alkanes) is 1. The number of hydrogen-bond donors (Lipinski definition) is 1. The number of halogens is 3. The first kappa shape index (κ1) is 26.9. The zero-order valence-corrected chi connectivity index (χ0v) is 21.9. The number of alkyl halides is 3. The van der Waals surface area contributed by atoms with Gasteiger partial charge in [0, 0.05) is 23.7 Å². The topological polar surface area (TPSA) is 102 Å². The molecule has 11 heteroatoms. The minimum absolute atomic E-state index is 0.0974. The highest BCUT2D eigenvalue weighted by Gasteiger charge is 2.31. The minimum atomic E-state index is -4.52. The second kappa shape index (κ2) is 11.2. The van der Waals surface area contributed by atoms with Gasteiger partial charge in [-0.05, 0) is 59.0 Å². The Morgan fingerprint density at radius 2 is 1.73 bits per heavy atom. The molecule has 0 spiro atoms. The molecular weight excluding hydrogens is 519 g/mol. The molecule has 0 amide bonds. The van der Waals surface area contributed by atoms with Gasteiger partial charge in [0.1, 0.15) is 11.6 Å². The molecule has 5 aromatic rings. The van der Waals surface area contributed by atoms with E-state index in [1.165, 1.54) is 10.6 Å². The molecular formula is C29H26F3N7O. The van der Waals surface area contributed by atoms with Gasteiger partial charge in [0.15, 0.2) is 5.82 Å². The number of benzene rings is 2. The van der Waals surface area contributed by atoms with Crippen LogP contribution in [-0.2, 0) is 19.0 Å². The molecule has 3 aromatic heterocycles. The van der Waals surface area contributed by atoms with E-state index in [9.17, 15) is 18.0 Å². The summed E-state index contributed by atoms with van der Waals surface area (Å²) in [4.78, 5) is 22.4. The predicted molar refractivity (Wildman–Crippen MR) is 144 cm³/mol. The van der Waals surface area contributed by atoms with Crippen LogP contribution < -0.4 is 5.56 Å². The van der Waals surface area contributed by atoms with Crippen LogP contribution in [0, 0.1) is 6.92 Å². The molecule has 0 bridgehead atoms. The molecule has 0 saturated carbocycles. The smallest absolute Gasteiger partial charge is 0.268 e. The van der Waals surface area contributed by atoms with E-state index in [0.29, 0.717) is 35.7 Å². The zero-order valence-electron chi connectivity index (χ0n) is 21.9.